The third kappa shape index (κ3) is 2.61. The van der Waals surface area contributed by atoms with Crippen LogP contribution < -0.4 is 5.73 Å². The summed E-state index contributed by atoms with van der Waals surface area (Å²) in [4.78, 5) is 11.5. The Morgan fingerprint density at radius 3 is 2.50 bits per heavy atom. The average Bonchev–Trinajstić information content (AvgIpc) is 1.94. The zero-order valence-corrected chi connectivity index (χ0v) is 10.7. The smallest absolute Gasteiger partial charge is 0.159 e. The molecule has 4 heteroatoms. The number of benzene rings is 1. The normalized spacial score (nSPS) is 8.83. The van der Waals surface area contributed by atoms with Crippen LogP contribution in [0.2, 0.25) is 0 Å². The molecule has 0 spiro atoms. The predicted octanol–water partition coefficient (Wildman–Crippen LogP) is 1.76. The largest absolute Gasteiger partial charge is 0.398 e. The number of thiol groups is 1. The van der Waals surface area contributed by atoms with Crippen LogP contribution in [0.25, 0.3) is 0 Å². The molecule has 0 saturated heterocycles. The first-order chi connectivity index (χ1) is 5.11. The van der Waals surface area contributed by atoms with Crippen molar-refractivity contribution < 1.29 is 24.3 Å². The molecule has 1 aromatic carbocycles. The van der Waals surface area contributed by atoms with Crippen molar-refractivity contribution in [2.75, 3.05) is 5.73 Å². The van der Waals surface area contributed by atoms with Crippen molar-refractivity contribution in [2.24, 2.45) is 0 Å². The second-order valence-corrected chi connectivity index (χ2v) is 2.81. The maximum atomic E-state index is 10.8. The fraction of sp³-hybridized carbons (Fsp3) is 0.125. The maximum Gasteiger partial charge on any atom is 0.159 e. The van der Waals surface area contributed by atoms with Crippen LogP contribution in [-0.2, 0) is 19.5 Å². The van der Waals surface area contributed by atoms with E-state index < -0.39 is 0 Å². The Morgan fingerprint density at radius 1 is 1.50 bits per heavy atom. The molecule has 1 rings (SSSR count). The number of carbonyl (C=O) groups excluding carboxylic acids is 1. The van der Waals surface area contributed by atoms with E-state index in [-0.39, 0.29) is 25.3 Å². The molecule has 0 aliphatic carbocycles. The number of hydrogen-bond donors (Lipinski definition) is 2. The van der Waals surface area contributed by atoms with Gasteiger partial charge in [0.2, 0.25) is 0 Å². The predicted molar refractivity (Wildman–Crippen MR) is 48.1 cm³/mol. The van der Waals surface area contributed by atoms with E-state index in [0.717, 1.165) is 0 Å². The minimum Gasteiger partial charge on any atom is -0.398 e. The minimum absolute atomic E-state index is 0. The topological polar surface area (TPSA) is 43.1 Å². The Labute approximate surface area is 89.7 Å². The summed E-state index contributed by atoms with van der Waals surface area (Å²) in [5, 5.41) is 0. The van der Waals surface area contributed by atoms with E-state index in [0.29, 0.717) is 16.1 Å². The molecule has 0 radical (unpaired) electrons. The molecule has 0 aromatic heterocycles. The van der Waals surface area contributed by atoms with Crippen LogP contribution in [0.4, 0.5) is 5.69 Å². The van der Waals surface area contributed by atoms with Gasteiger partial charge < -0.3 is 5.73 Å². The molecular weight excluding hydrogens is 224 g/mol. The van der Waals surface area contributed by atoms with E-state index in [2.05, 4.69) is 12.6 Å². The van der Waals surface area contributed by atoms with Crippen LogP contribution in [0.3, 0.4) is 0 Å². The number of Topliss-reactive ketones (excluding diaryl/α,β-unsaturated/α-hetero) is 1. The van der Waals surface area contributed by atoms with Gasteiger partial charge in [-0.15, -0.1) is 12.6 Å². The van der Waals surface area contributed by atoms with Gasteiger partial charge in [-0.3, -0.25) is 4.79 Å². The van der Waals surface area contributed by atoms with Gasteiger partial charge in [0.1, 0.15) is 0 Å². The Bertz CT molecular complexity index is 301. The van der Waals surface area contributed by atoms with Crippen molar-refractivity contribution in [3.05, 3.63) is 23.8 Å². The number of anilines is 1. The standard InChI is InChI=1S/C8H9NOS.Zn/c1-5(10)6-2-3-8(11)7(9)4-6;/h2-4,11H,9H2,1H3;. The Balaban J connectivity index is 0.00000121. The van der Waals surface area contributed by atoms with Crippen molar-refractivity contribution in [1.82, 2.24) is 0 Å². The summed E-state index contributed by atoms with van der Waals surface area (Å²) in [5.41, 5.74) is 6.70. The molecule has 0 bridgehead atoms. The van der Waals surface area contributed by atoms with E-state index in [1.807, 2.05) is 0 Å². The molecule has 1 aromatic rings. The average molecular weight is 233 g/mol. The van der Waals surface area contributed by atoms with Gasteiger partial charge in [-0.1, -0.05) is 6.07 Å². The fourth-order valence-corrected chi connectivity index (χ4v) is 0.913. The van der Waals surface area contributed by atoms with E-state index in [4.69, 9.17) is 5.73 Å². The molecule has 12 heavy (non-hydrogen) atoms. The first-order valence-corrected chi connectivity index (χ1v) is 3.65. The van der Waals surface area contributed by atoms with Crippen LogP contribution in [0.1, 0.15) is 17.3 Å². The van der Waals surface area contributed by atoms with E-state index in [9.17, 15) is 4.79 Å². The molecular formula is C8H9NOSZn. The van der Waals surface area contributed by atoms with Crippen molar-refractivity contribution >= 4 is 24.1 Å². The van der Waals surface area contributed by atoms with Gasteiger partial charge in [0, 0.05) is 35.6 Å². The zero-order chi connectivity index (χ0) is 8.43. The molecule has 0 amide bonds. The van der Waals surface area contributed by atoms with Gasteiger partial charge in [0.05, 0.1) is 0 Å². The number of nitrogens with two attached hydrogens (primary N) is 1. The van der Waals surface area contributed by atoms with Crippen LogP contribution in [-0.4, -0.2) is 5.78 Å². The molecule has 2 N–H and O–H groups in total. The number of rotatable bonds is 1. The van der Waals surface area contributed by atoms with Gasteiger partial charge in [-0.2, -0.15) is 0 Å². The Hall–Kier alpha value is -0.337. The molecule has 60 valence electrons. The van der Waals surface area contributed by atoms with Gasteiger partial charge in [0.15, 0.2) is 5.78 Å². The number of hydrogen-bond acceptors (Lipinski definition) is 3. The first kappa shape index (κ1) is 11.7. The molecule has 0 aliphatic heterocycles. The van der Waals surface area contributed by atoms with Crippen LogP contribution >= 0.6 is 12.6 Å². The summed E-state index contributed by atoms with van der Waals surface area (Å²) < 4.78 is 0. The summed E-state index contributed by atoms with van der Waals surface area (Å²) >= 11 is 4.08. The molecule has 0 atom stereocenters. The fourth-order valence-electron chi connectivity index (χ4n) is 0.774. The van der Waals surface area contributed by atoms with Crippen molar-refractivity contribution in [3.8, 4) is 0 Å². The molecule has 0 heterocycles. The molecule has 2 nitrogen and oxygen atoms in total. The van der Waals surface area contributed by atoms with Gasteiger partial charge >= 0.3 is 0 Å². The molecule has 0 saturated carbocycles. The number of nitrogen functional groups attached to an aromatic ring is 1. The number of carbonyl (C=O) groups is 1. The van der Waals surface area contributed by atoms with E-state index >= 15 is 0 Å². The summed E-state index contributed by atoms with van der Waals surface area (Å²) in [6, 6.07) is 5.06. The molecule has 0 unspecified atom stereocenters. The zero-order valence-electron chi connectivity index (χ0n) is 6.87. The summed E-state index contributed by atoms with van der Waals surface area (Å²) in [7, 11) is 0. The van der Waals surface area contributed by atoms with Crippen LogP contribution in [0.5, 0.6) is 0 Å². The second-order valence-electron chi connectivity index (χ2n) is 2.33. The summed E-state index contributed by atoms with van der Waals surface area (Å²) in [6.07, 6.45) is 0. The Kier molecular flexibility index (Phi) is 4.50. The van der Waals surface area contributed by atoms with Crippen LogP contribution in [0.15, 0.2) is 23.1 Å². The third-order valence-electron chi connectivity index (χ3n) is 1.43. The summed E-state index contributed by atoms with van der Waals surface area (Å²) in [5.74, 6) is 0.0185. The second kappa shape index (κ2) is 4.63. The molecule has 0 aliphatic rings. The SMILES string of the molecule is CC(=O)c1ccc(S)c(N)c1.[Zn]. The monoisotopic (exact) mass is 231 g/mol. The van der Waals surface area contributed by atoms with E-state index in [1.165, 1.54) is 6.92 Å². The quantitative estimate of drug-likeness (QED) is 0.335. The van der Waals surface area contributed by atoms with Gasteiger partial charge in [0.25, 0.3) is 0 Å². The van der Waals surface area contributed by atoms with Crippen molar-refractivity contribution in [1.29, 1.82) is 0 Å². The molecule has 0 fully saturated rings. The van der Waals surface area contributed by atoms with Crippen LogP contribution in [0, 0.1) is 0 Å². The van der Waals surface area contributed by atoms with Crippen molar-refractivity contribution in [2.45, 2.75) is 11.8 Å². The van der Waals surface area contributed by atoms with Gasteiger partial charge in [-0.05, 0) is 19.1 Å². The van der Waals surface area contributed by atoms with Gasteiger partial charge in [-0.25, -0.2) is 0 Å². The third-order valence-corrected chi connectivity index (χ3v) is 1.84. The maximum absolute atomic E-state index is 10.8. The first-order valence-electron chi connectivity index (χ1n) is 3.20. The minimum atomic E-state index is 0. The van der Waals surface area contributed by atoms with Crippen molar-refractivity contribution in [3.63, 3.8) is 0 Å². The number of ketones is 1. The summed E-state index contributed by atoms with van der Waals surface area (Å²) in [6.45, 7) is 1.51. The Morgan fingerprint density at radius 2 is 2.08 bits per heavy atom. The van der Waals surface area contributed by atoms with E-state index in [1.54, 1.807) is 18.2 Å².